The van der Waals surface area contributed by atoms with Gasteiger partial charge < -0.3 is 15.2 Å². The number of hydrogen-bond acceptors (Lipinski definition) is 7. The van der Waals surface area contributed by atoms with Crippen molar-refractivity contribution in [1.29, 1.82) is 0 Å². The maximum absolute atomic E-state index is 12.7. The molecule has 0 bridgehead atoms. The molecule has 0 saturated heterocycles. The smallest absolute Gasteiger partial charge is 0.264 e. The molecule has 0 spiro atoms. The minimum Gasteiger partial charge on any atom is -0.489 e. The molecule has 0 fully saturated rings. The van der Waals surface area contributed by atoms with E-state index in [1.54, 1.807) is 60.9 Å². The van der Waals surface area contributed by atoms with Gasteiger partial charge in [0.05, 0.1) is 11.0 Å². The molecular formula is C30H29N3O5S. The van der Waals surface area contributed by atoms with E-state index < -0.39 is 22.0 Å². The molecule has 3 aromatic carbocycles. The van der Waals surface area contributed by atoms with E-state index in [1.807, 2.05) is 18.2 Å². The lowest BCUT2D eigenvalue weighted by molar-refractivity contribution is 0.0981. The van der Waals surface area contributed by atoms with E-state index >= 15 is 0 Å². The molecule has 5 rings (SSSR count). The number of hydrogen-bond donors (Lipinski definition) is 3. The Hall–Kier alpha value is -4.05. The summed E-state index contributed by atoms with van der Waals surface area (Å²) in [5, 5.41) is 13.6. The van der Waals surface area contributed by atoms with Gasteiger partial charge in [0, 0.05) is 36.6 Å². The Kier molecular flexibility index (Phi) is 8.02. The SMILES string of the molecule is O=C(NS(=O)(=O)c1ccc(-c2ccc3c(c2)CCC(CNCC(O)c2cccnc2)O3)cc1)c1ccccc1. The molecule has 3 N–H and O–H groups in total. The van der Waals surface area contributed by atoms with Crippen molar-refractivity contribution in [2.24, 2.45) is 0 Å². The first-order chi connectivity index (χ1) is 18.9. The van der Waals surface area contributed by atoms with Gasteiger partial charge in [-0.05, 0) is 72.0 Å². The van der Waals surface area contributed by atoms with Crippen molar-refractivity contribution in [3.63, 3.8) is 0 Å². The molecule has 9 heteroatoms. The molecule has 0 aliphatic carbocycles. The number of sulfonamides is 1. The second-order valence-electron chi connectivity index (χ2n) is 9.39. The molecule has 1 amide bonds. The Morgan fingerprint density at radius 1 is 1.00 bits per heavy atom. The van der Waals surface area contributed by atoms with E-state index in [0.29, 0.717) is 13.1 Å². The number of pyridine rings is 1. The first-order valence-corrected chi connectivity index (χ1v) is 14.2. The highest BCUT2D eigenvalue weighted by molar-refractivity contribution is 7.90. The van der Waals surface area contributed by atoms with Crippen molar-refractivity contribution < 1.29 is 23.1 Å². The summed E-state index contributed by atoms with van der Waals surface area (Å²) in [5.74, 6) is 0.153. The van der Waals surface area contributed by atoms with Crippen LogP contribution in [0.5, 0.6) is 5.75 Å². The minimum atomic E-state index is -4.00. The lowest BCUT2D eigenvalue weighted by atomic mass is 9.97. The van der Waals surface area contributed by atoms with E-state index in [1.165, 1.54) is 12.1 Å². The van der Waals surface area contributed by atoms with Gasteiger partial charge >= 0.3 is 0 Å². The first kappa shape index (κ1) is 26.6. The molecule has 4 aromatic rings. The molecule has 1 aliphatic rings. The summed E-state index contributed by atoms with van der Waals surface area (Å²) in [7, 11) is -4.00. The quantitative estimate of drug-likeness (QED) is 0.293. The number of aliphatic hydroxyl groups excluding tert-OH is 1. The van der Waals surface area contributed by atoms with Crippen molar-refractivity contribution in [2.45, 2.75) is 29.9 Å². The third kappa shape index (κ3) is 6.51. The lowest BCUT2D eigenvalue weighted by Gasteiger charge is -2.27. The number of aromatic nitrogens is 1. The van der Waals surface area contributed by atoms with Crippen molar-refractivity contribution in [3.8, 4) is 16.9 Å². The first-order valence-electron chi connectivity index (χ1n) is 12.7. The van der Waals surface area contributed by atoms with Crippen LogP contribution >= 0.6 is 0 Å². The van der Waals surface area contributed by atoms with E-state index in [0.717, 1.165) is 40.8 Å². The Morgan fingerprint density at radius 2 is 1.77 bits per heavy atom. The Morgan fingerprint density at radius 3 is 2.51 bits per heavy atom. The number of rotatable bonds is 9. The van der Waals surface area contributed by atoms with Gasteiger partial charge in [-0.3, -0.25) is 9.78 Å². The number of benzene rings is 3. The normalized spacial score (nSPS) is 15.6. The van der Waals surface area contributed by atoms with Crippen molar-refractivity contribution in [2.75, 3.05) is 13.1 Å². The Labute approximate surface area is 227 Å². The van der Waals surface area contributed by atoms with Crippen LogP contribution in [-0.4, -0.2) is 43.6 Å². The third-order valence-electron chi connectivity index (χ3n) is 6.63. The van der Waals surface area contributed by atoms with E-state index in [2.05, 4.69) is 21.1 Å². The van der Waals surface area contributed by atoms with Crippen LogP contribution in [0.2, 0.25) is 0 Å². The molecule has 1 aromatic heterocycles. The summed E-state index contributed by atoms with van der Waals surface area (Å²) in [6.07, 6.45) is 4.40. The van der Waals surface area contributed by atoms with Gasteiger partial charge in [0.1, 0.15) is 11.9 Å². The molecule has 2 unspecified atom stereocenters. The van der Waals surface area contributed by atoms with Crippen LogP contribution in [0.4, 0.5) is 0 Å². The van der Waals surface area contributed by atoms with E-state index in [-0.39, 0.29) is 16.6 Å². The van der Waals surface area contributed by atoms with Gasteiger partial charge in [-0.2, -0.15) is 0 Å². The predicted molar refractivity (Wildman–Crippen MR) is 148 cm³/mol. The van der Waals surface area contributed by atoms with Gasteiger partial charge in [-0.1, -0.05) is 42.5 Å². The zero-order valence-corrected chi connectivity index (χ0v) is 22.0. The molecule has 200 valence electrons. The largest absolute Gasteiger partial charge is 0.489 e. The number of amides is 1. The monoisotopic (exact) mass is 543 g/mol. The van der Waals surface area contributed by atoms with Gasteiger partial charge in [0.2, 0.25) is 0 Å². The predicted octanol–water partition coefficient (Wildman–Crippen LogP) is 3.88. The average molecular weight is 544 g/mol. The number of ether oxygens (including phenoxy) is 1. The molecule has 0 saturated carbocycles. The fourth-order valence-electron chi connectivity index (χ4n) is 4.50. The minimum absolute atomic E-state index is 0.0000323. The van der Waals surface area contributed by atoms with Crippen molar-refractivity contribution in [1.82, 2.24) is 15.0 Å². The molecular weight excluding hydrogens is 514 g/mol. The van der Waals surface area contributed by atoms with Gasteiger partial charge in [-0.15, -0.1) is 0 Å². The van der Waals surface area contributed by atoms with Crippen LogP contribution in [0.1, 0.15) is 34.0 Å². The summed E-state index contributed by atoms with van der Waals surface area (Å²) >= 11 is 0. The fraction of sp³-hybridized carbons (Fsp3) is 0.200. The number of carbonyl (C=O) groups excluding carboxylic acids is 1. The van der Waals surface area contributed by atoms with Gasteiger partial charge in [-0.25, -0.2) is 13.1 Å². The maximum atomic E-state index is 12.7. The topological polar surface area (TPSA) is 118 Å². The summed E-state index contributed by atoms with van der Waals surface area (Å²) < 4.78 is 33.7. The zero-order chi connectivity index (χ0) is 27.2. The molecule has 2 atom stereocenters. The number of fused-ring (bicyclic) bond motifs is 1. The number of carbonyl (C=O) groups is 1. The highest BCUT2D eigenvalue weighted by atomic mass is 32.2. The average Bonchev–Trinajstić information content (AvgIpc) is 2.97. The molecule has 0 radical (unpaired) electrons. The summed E-state index contributed by atoms with van der Waals surface area (Å²) in [5.41, 5.74) is 3.94. The van der Waals surface area contributed by atoms with E-state index in [9.17, 15) is 18.3 Å². The second kappa shape index (κ2) is 11.8. The van der Waals surface area contributed by atoms with Crippen LogP contribution in [0.25, 0.3) is 11.1 Å². The zero-order valence-electron chi connectivity index (χ0n) is 21.2. The second-order valence-corrected chi connectivity index (χ2v) is 11.1. The molecule has 2 heterocycles. The molecule has 1 aliphatic heterocycles. The number of aryl methyl sites for hydroxylation is 1. The highest BCUT2D eigenvalue weighted by Gasteiger charge is 2.22. The fourth-order valence-corrected chi connectivity index (χ4v) is 5.47. The van der Waals surface area contributed by atoms with Crippen LogP contribution in [0.15, 0.2) is 102 Å². The van der Waals surface area contributed by atoms with Crippen LogP contribution < -0.4 is 14.8 Å². The van der Waals surface area contributed by atoms with Gasteiger partial charge in [0.15, 0.2) is 0 Å². The maximum Gasteiger partial charge on any atom is 0.264 e. The standard InChI is InChI=1S/C30H29N3O5S/c34-28(25-7-4-16-31-18-25)20-32-19-26-12-8-24-17-23(11-15-29(24)38-26)21-9-13-27(14-10-21)39(36,37)33-30(35)22-5-2-1-3-6-22/h1-7,9-11,13-18,26,28,32,34H,8,12,19-20H2,(H,33,35). The summed E-state index contributed by atoms with van der Waals surface area (Å²) in [4.78, 5) is 16.4. The van der Waals surface area contributed by atoms with E-state index in [4.69, 9.17) is 4.74 Å². The van der Waals surface area contributed by atoms with Crippen LogP contribution in [0, 0.1) is 0 Å². The van der Waals surface area contributed by atoms with Crippen LogP contribution in [-0.2, 0) is 16.4 Å². The number of nitrogens with zero attached hydrogens (tertiary/aromatic N) is 1. The Bertz CT molecular complexity index is 1530. The molecule has 8 nitrogen and oxygen atoms in total. The van der Waals surface area contributed by atoms with Gasteiger partial charge in [0.25, 0.3) is 15.9 Å². The number of aliphatic hydroxyl groups is 1. The highest BCUT2D eigenvalue weighted by Crippen LogP contribution is 2.32. The third-order valence-corrected chi connectivity index (χ3v) is 7.98. The van der Waals surface area contributed by atoms with Crippen molar-refractivity contribution in [3.05, 3.63) is 114 Å². The molecule has 39 heavy (non-hydrogen) atoms. The summed E-state index contributed by atoms with van der Waals surface area (Å²) in [6, 6.07) is 24.3. The summed E-state index contributed by atoms with van der Waals surface area (Å²) in [6.45, 7) is 1.04. The number of nitrogens with one attached hydrogen (secondary N) is 2. The van der Waals surface area contributed by atoms with Crippen LogP contribution in [0.3, 0.4) is 0 Å². The Balaban J connectivity index is 1.18. The van der Waals surface area contributed by atoms with Crippen molar-refractivity contribution >= 4 is 15.9 Å². The lowest BCUT2D eigenvalue weighted by Crippen LogP contribution is -2.36.